The first kappa shape index (κ1) is 22.6. The minimum atomic E-state index is 0. The Labute approximate surface area is 64.3 Å². The summed E-state index contributed by atoms with van der Waals surface area (Å²) < 4.78 is 0. The summed E-state index contributed by atoms with van der Waals surface area (Å²) in [5, 5.41) is 0. The number of anilines is 1. The molecular weight excluding hydrogens is 155 g/mol. The molecule has 68 valence electrons. The maximum absolute atomic E-state index is 5.36. The summed E-state index contributed by atoms with van der Waals surface area (Å²) in [5.74, 6) is 0. The fourth-order valence-electron chi connectivity index (χ4n) is 0.453. The smallest absolute Gasteiger partial charge is 0.0313 e. The SMILES string of the molecule is C.F.F.F.Nc1ccccc1. The van der Waals surface area contributed by atoms with Crippen LogP contribution in [0, 0.1) is 0 Å². The average molecular weight is 169 g/mol. The lowest BCUT2D eigenvalue weighted by atomic mass is 10.3. The zero-order valence-corrected chi connectivity index (χ0v) is 5.19. The van der Waals surface area contributed by atoms with E-state index in [2.05, 4.69) is 0 Å². The fraction of sp³-hybridized carbons (Fsp3) is 0.143. The topological polar surface area (TPSA) is 26.0 Å². The zero-order chi connectivity index (χ0) is 5.11. The van der Waals surface area contributed by atoms with Crippen LogP contribution in [0.25, 0.3) is 0 Å². The summed E-state index contributed by atoms with van der Waals surface area (Å²) in [6.07, 6.45) is 0. The van der Waals surface area contributed by atoms with Gasteiger partial charge >= 0.3 is 0 Å². The minimum absolute atomic E-state index is 0. The molecule has 0 spiro atoms. The molecule has 0 aliphatic heterocycles. The van der Waals surface area contributed by atoms with Gasteiger partial charge in [0.1, 0.15) is 0 Å². The van der Waals surface area contributed by atoms with E-state index in [9.17, 15) is 0 Å². The number of benzene rings is 1. The third-order valence-corrected chi connectivity index (χ3v) is 0.800. The van der Waals surface area contributed by atoms with Crippen LogP contribution < -0.4 is 5.73 Å². The Kier molecular flexibility index (Phi) is 23.8. The highest BCUT2D eigenvalue weighted by atomic mass is 19.0. The lowest BCUT2D eigenvalue weighted by molar-refractivity contribution is 1.11. The molecule has 0 fully saturated rings. The van der Waals surface area contributed by atoms with Gasteiger partial charge in [-0.1, -0.05) is 25.6 Å². The minimum Gasteiger partial charge on any atom is -0.399 e. The lowest BCUT2D eigenvalue weighted by Gasteiger charge is -1.83. The number of nitrogens with two attached hydrogens (primary N) is 1. The molecule has 2 N–H and O–H groups in total. The Hall–Kier alpha value is -1.19. The van der Waals surface area contributed by atoms with E-state index in [1.807, 2.05) is 30.3 Å². The van der Waals surface area contributed by atoms with Gasteiger partial charge in [-0.25, -0.2) is 0 Å². The van der Waals surface area contributed by atoms with Gasteiger partial charge in [0.2, 0.25) is 0 Å². The molecule has 0 saturated carbocycles. The van der Waals surface area contributed by atoms with E-state index >= 15 is 0 Å². The molecule has 0 radical (unpaired) electrons. The van der Waals surface area contributed by atoms with Crippen LogP contribution in [0.2, 0.25) is 0 Å². The van der Waals surface area contributed by atoms with E-state index in [4.69, 9.17) is 5.73 Å². The highest BCUT2D eigenvalue weighted by Gasteiger charge is 1.72. The van der Waals surface area contributed by atoms with Crippen molar-refractivity contribution in [1.82, 2.24) is 0 Å². The monoisotopic (exact) mass is 169 g/mol. The molecule has 1 rings (SSSR count). The van der Waals surface area contributed by atoms with Gasteiger partial charge in [0.15, 0.2) is 0 Å². The second kappa shape index (κ2) is 11.6. The van der Waals surface area contributed by atoms with Gasteiger partial charge in [0, 0.05) is 5.69 Å². The predicted octanol–water partition coefficient (Wildman–Crippen LogP) is 2.36. The van der Waals surface area contributed by atoms with Crippen LogP contribution in [0.15, 0.2) is 30.3 Å². The van der Waals surface area contributed by atoms with Crippen molar-refractivity contribution in [1.29, 1.82) is 0 Å². The van der Waals surface area contributed by atoms with Crippen LogP contribution in [0.4, 0.5) is 19.8 Å². The molecule has 0 aliphatic rings. The number of halogens is 3. The van der Waals surface area contributed by atoms with Crippen molar-refractivity contribution in [3.05, 3.63) is 30.3 Å². The molecule has 1 aromatic rings. The Morgan fingerprint density at radius 1 is 0.818 bits per heavy atom. The Morgan fingerprint density at radius 3 is 1.36 bits per heavy atom. The number of hydrogen-bond acceptors (Lipinski definition) is 1. The normalized spacial score (nSPS) is 5.45. The Bertz CT molecular complexity index is 144. The van der Waals surface area contributed by atoms with Gasteiger partial charge in [0.05, 0.1) is 0 Å². The lowest BCUT2D eigenvalue weighted by Crippen LogP contribution is -1.79. The van der Waals surface area contributed by atoms with Crippen LogP contribution in [0.1, 0.15) is 7.43 Å². The highest BCUT2D eigenvalue weighted by molar-refractivity contribution is 5.35. The molecule has 0 atom stereocenters. The molecule has 0 heterocycles. The summed E-state index contributed by atoms with van der Waals surface area (Å²) >= 11 is 0. The van der Waals surface area contributed by atoms with Crippen molar-refractivity contribution in [2.75, 3.05) is 5.73 Å². The van der Waals surface area contributed by atoms with E-state index in [0.29, 0.717) is 0 Å². The first-order chi connectivity index (χ1) is 3.39. The first-order valence-electron chi connectivity index (χ1n) is 2.20. The van der Waals surface area contributed by atoms with Gasteiger partial charge in [-0.2, -0.15) is 0 Å². The Morgan fingerprint density at radius 2 is 1.18 bits per heavy atom. The fourth-order valence-corrected chi connectivity index (χ4v) is 0.453. The second-order valence-corrected chi connectivity index (χ2v) is 1.41. The van der Waals surface area contributed by atoms with E-state index in [1.54, 1.807) is 0 Å². The quantitative estimate of drug-likeness (QED) is 0.593. The van der Waals surface area contributed by atoms with Crippen LogP contribution in [-0.2, 0) is 0 Å². The molecular formula is C7H14F3N. The molecule has 4 heteroatoms. The van der Waals surface area contributed by atoms with Gasteiger partial charge in [-0.15, -0.1) is 0 Å². The maximum atomic E-state index is 5.36. The van der Waals surface area contributed by atoms with Gasteiger partial charge < -0.3 is 5.73 Å². The van der Waals surface area contributed by atoms with E-state index in [-0.39, 0.29) is 21.5 Å². The van der Waals surface area contributed by atoms with Crippen molar-refractivity contribution in [3.63, 3.8) is 0 Å². The van der Waals surface area contributed by atoms with Gasteiger partial charge in [-0.05, 0) is 12.1 Å². The third kappa shape index (κ3) is 8.81. The number of para-hydroxylation sites is 1. The molecule has 0 saturated heterocycles. The zero-order valence-electron chi connectivity index (χ0n) is 5.19. The summed E-state index contributed by atoms with van der Waals surface area (Å²) in [7, 11) is 0. The summed E-state index contributed by atoms with van der Waals surface area (Å²) in [4.78, 5) is 0. The molecule has 0 amide bonds. The van der Waals surface area contributed by atoms with Crippen molar-refractivity contribution < 1.29 is 14.1 Å². The molecule has 11 heavy (non-hydrogen) atoms. The number of rotatable bonds is 0. The largest absolute Gasteiger partial charge is 0.399 e. The number of hydrogen-bond donors (Lipinski definition) is 1. The van der Waals surface area contributed by atoms with Crippen molar-refractivity contribution in [3.8, 4) is 0 Å². The summed E-state index contributed by atoms with van der Waals surface area (Å²) in [6.45, 7) is 0. The highest BCUT2D eigenvalue weighted by Crippen LogP contribution is 1.95. The molecule has 0 aromatic heterocycles. The Balaban J connectivity index is -0.0000000612. The first-order valence-corrected chi connectivity index (χ1v) is 2.20. The average Bonchev–Trinajstić information content (AvgIpc) is 1.69. The molecule has 0 unspecified atom stereocenters. The van der Waals surface area contributed by atoms with Crippen LogP contribution >= 0.6 is 0 Å². The summed E-state index contributed by atoms with van der Waals surface area (Å²) in [6, 6.07) is 9.49. The second-order valence-electron chi connectivity index (χ2n) is 1.41. The molecule has 0 aliphatic carbocycles. The van der Waals surface area contributed by atoms with Crippen LogP contribution in [0.3, 0.4) is 0 Å². The van der Waals surface area contributed by atoms with E-state index in [1.165, 1.54) is 0 Å². The predicted molar refractivity (Wildman–Crippen MR) is 45.1 cm³/mol. The van der Waals surface area contributed by atoms with Crippen LogP contribution in [-0.4, -0.2) is 0 Å². The molecule has 1 nitrogen and oxygen atoms in total. The van der Waals surface area contributed by atoms with Gasteiger partial charge in [-0.3, -0.25) is 14.1 Å². The summed E-state index contributed by atoms with van der Waals surface area (Å²) in [5.41, 5.74) is 6.18. The van der Waals surface area contributed by atoms with E-state index in [0.717, 1.165) is 5.69 Å². The van der Waals surface area contributed by atoms with E-state index < -0.39 is 0 Å². The van der Waals surface area contributed by atoms with Gasteiger partial charge in [0.25, 0.3) is 0 Å². The van der Waals surface area contributed by atoms with Crippen LogP contribution in [0.5, 0.6) is 0 Å². The third-order valence-electron chi connectivity index (χ3n) is 0.800. The van der Waals surface area contributed by atoms with Crippen molar-refractivity contribution in [2.24, 2.45) is 0 Å². The van der Waals surface area contributed by atoms with Crippen molar-refractivity contribution in [2.45, 2.75) is 7.43 Å². The molecule has 1 aromatic carbocycles. The maximum Gasteiger partial charge on any atom is 0.0313 e. The molecule has 0 bridgehead atoms. The number of nitrogen functional groups attached to an aromatic ring is 1. The standard InChI is InChI=1S/C6H7N.CH4.3FH/c7-6-4-2-1-3-5-6;;;;/h1-5H,7H2;1H4;3*1H. The van der Waals surface area contributed by atoms with Crippen molar-refractivity contribution >= 4 is 5.69 Å².